The van der Waals surface area contributed by atoms with Crippen molar-refractivity contribution in [2.75, 3.05) is 14.2 Å². The van der Waals surface area contributed by atoms with Crippen LogP contribution >= 0.6 is 12.6 Å². The number of ether oxygens (including phenoxy) is 2. The molecule has 1 amide bonds. The first-order valence-electron chi connectivity index (χ1n) is 6.23. The number of benzene rings is 1. The average molecular weight is 294 g/mol. The van der Waals surface area contributed by atoms with Gasteiger partial charge in [0.2, 0.25) is 0 Å². The fourth-order valence-corrected chi connectivity index (χ4v) is 2.38. The molecule has 0 aliphatic carbocycles. The first kappa shape index (κ1) is 14.9. The quantitative estimate of drug-likeness (QED) is 0.561. The lowest BCUT2D eigenvalue weighted by Gasteiger charge is -2.30. The third-order valence-electron chi connectivity index (χ3n) is 3.05. The summed E-state index contributed by atoms with van der Waals surface area (Å²) in [5.74, 6) is -0.165. The normalized spacial score (nSPS) is 19.0. The lowest BCUT2D eigenvalue weighted by atomic mass is 10.0. The van der Waals surface area contributed by atoms with Crippen LogP contribution in [0, 0.1) is 0 Å². The Morgan fingerprint density at radius 1 is 1.20 bits per heavy atom. The number of methoxy groups -OCH3 is 2. The van der Waals surface area contributed by atoms with Crippen LogP contribution in [-0.4, -0.2) is 31.9 Å². The van der Waals surface area contributed by atoms with Crippen molar-refractivity contribution in [1.29, 1.82) is 0 Å². The molecule has 0 spiro atoms. The molecule has 1 aliphatic heterocycles. The summed E-state index contributed by atoms with van der Waals surface area (Å²) in [4.78, 5) is 12.2. The van der Waals surface area contributed by atoms with Gasteiger partial charge in [0, 0.05) is 26.2 Å². The van der Waals surface area contributed by atoms with Gasteiger partial charge in [0.15, 0.2) is 6.29 Å². The van der Waals surface area contributed by atoms with Crippen LogP contribution in [0.15, 0.2) is 41.6 Å². The molecule has 1 heterocycles. The molecule has 1 aromatic rings. The van der Waals surface area contributed by atoms with Gasteiger partial charge in [-0.25, -0.2) is 0 Å². The van der Waals surface area contributed by atoms with Gasteiger partial charge in [0.05, 0.1) is 5.70 Å². The van der Waals surface area contributed by atoms with E-state index in [0.717, 1.165) is 5.56 Å². The van der Waals surface area contributed by atoms with E-state index in [1.54, 1.807) is 0 Å². The Balaban J connectivity index is 2.35. The Kier molecular flexibility index (Phi) is 5.05. The van der Waals surface area contributed by atoms with E-state index in [4.69, 9.17) is 9.47 Å². The van der Waals surface area contributed by atoms with E-state index in [9.17, 15) is 4.79 Å². The Bertz CT molecular complexity index is 500. The van der Waals surface area contributed by atoms with E-state index in [1.165, 1.54) is 14.2 Å². The van der Waals surface area contributed by atoms with Gasteiger partial charge < -0.3 is 20.1 Å². The summed E-state index contributed by atoms with van der Waals surface area (Å²) in [6, 6.07) is 9.76. The molecule has 1 unspecified atom stereocenters. The number of hydrogen-bond donors (Lipinski definition) is 3. The highest BCUT2D eigenvalue weighted by molar-refractivity contribution is 7.80. The van der Waals surface area contributed by atoms with Gasteiger partial charge in [-0.3, -0.25) is 4.79 Å². The second-order valence-corrected chi connectivity index (χ2v) is 4.89. The zero-order valence-electron chi connectivity index (χ0n) is 11.4. The summed E-state index contributed by atoms with van der Waals surface area (Å²) in [6.07, 6.45) is -0.118. The molecule has 1 aromatic carbocycles. The van der Waals surface area contributed by atoms with Crippen molar-refractivity contribution < 1.29 is 14.3 Å². The third-order valence-corrected chi connectivity index (χ3v) is 3.31. The van der Waals surface area contributed by atoms with E-state index < -0.39 is 11.8 Å². The number of rotatable bonds is 5. The fraction of sp³-hybridized carbons (Fsp3) is 0.357. The number of carbonyl (C=O) groups is 1. The van der Waals surface area contributed by atoms with E-state index in [1.807, 2.05) is 30.3 Å². The first-order valence-corrected chi connectivity index (χ1v) is 6.75. The van der Waals surface area contributed by atoms with Gasteiger partial charge in [-0.2, -0.15) is 0 Å². The number of amides is 1. The van der Waals surface area contributed by atoms with Crippen molar-refractivity contribution in [3.63, 3.8) is 0 Å². The molecule has 2 N–H and O–H groups in total. The molecule has 0 bridgehead atoms. The van der Waals surface area contributed by atoms with E-state index in [-0.39, 0.29) is 5.91 Å². The van der Waals surface area contributed by atoms with E-state index in [0.29, 0.717) is 17.7 Å². The standard InChI is InChI=1S/C14H18N2O3S/c1-18-13(19-2)11-10(12(17)16-14(20)15-11)8-9-6-4-3-5-7-9/h3-7,13-15,20H,8H2,1-2H3,(H,16,17). The monoisotopic (exact) mass is 294 g/mol. The summed E-state index contributed by atoms with van der Waals surface area (Å²) in [6.45, 7) is 0. The van der Waals surface area contributed by atoms with Crippen LogP contribution < -0.4 is 10.6 Å². The lowest BCUT2D eigenvalue weighted by molar-refractivity contribution is -0.120. The molecule has 1 aliphatic rings. The maximum Gasteiger partial charge on any atom is 0.251 e. The van der Waals surface area contributed by atoms with Crippen LogP contribution in [-0.2, 0) is 20.7 Å². The number of nitrogens with one attached hydrogen (secondary N) is 2. The van der Waals surface area contributed by atoms with Gasteiger partial charge in [-0.05, 0) is 5.56 Å². The molecular weight excluding hydrogens is 276 g/mol. The van der Waals surface area contributed by atoms with Crippen molar-refractivity contribution in [2.24, 2.45) is 0 Å². The molecule has 6 heteroatoms. The van der Waals surface area contributed by atoms with Gasteiger partial charge in [0.25, 0.3) is 5.91 Å². The summed E-state index contributed by atoms with van der Waals surface area (Å²) in [7, 11) is 3.06. The molecule has 0 saturated carbocycles. The second-order valence-electron chi connectivity index (χ2n) is 4.38. The zero-order chi connectivity index (χ0) is 14.5. The van der Waals surface area contributed by atoms with Gasteiger partial charge in [-0.1, -0.05) is 30.3 Å². The Morgan fingerprint density at radius 3 is 2.45 bits per heavy atom. The van der Waals surface area contributed by atoms with Gasteiger partial charge >= 0.3 is 0 Å². The van der Waals surface area contributed by atoms with Gasteiger partial charge in [0.1, 0.15) is 5.50 Å². The Morgan fingerprint density at radius 2 is 1.85 bits per heavy atom. The SMILES string of the molecule is COC(OC)C1=C(Cc2ccccc2)C(=O)NC(S)N1. The zero-order valence-corrected chi connectivity index (χ0v) is 12.3. The van der Waals surface area contributed by atoms with Crippen molar-refractivity contribution >= 4 is 18.5 Å². The van der Waals surface area contributed by atoms with Crippen molar-refractivity contribution in [2.45, 2.75) is 18.2 Å². The van der Waals surface area contributed by atoms with Crippen LogP contribution in [0.25, 0.3) is 0 Å². The molecule has 5 nitrogen and oxygen atoms in total. The van der Waals surface area contributed by atoms with Crippen LogP contribution in [0.4, 0.5) is 0 Å². The minimum atomic E-state index is -0.616. The molecule has 20 heavy (non-hydrogen) atoms. The number of hydrogen-bond acceptors (Lipinski definition) is 5. The van der Waals surface area contributed by atoms with Crippen molar-refractivity contribution in [1.82, 2.24) is 10.6 Å². The lowest BCUT2D eigenvalue weighted by Crippen LogP contribution is -2.50. The maximum absolute atomic E-state index is 12.2. The van der Waals surface area contributed by atoms with Gasteiger partial charge in [-0.15, -0.1) is 12.6 Å². The van der Waals surface area contributed by atoms with Crippen LogP contribution in [0.5, 0.6) is 0 Å². The highest BCUT2D eigenvalue weighted by atomic mass is 32.1. The smallest absolute Gasteiger partial charge is 0.251 e. The molecule has 0 fully saturated rings. The Labute approximate surface area is 123 Å². The van der Waals surface area contributed by atoms with Crippen molar-refractivity contribution in [3.8, 4) is 0 Å². The van der Waals surface area contributed by atoms with Crippen LogP contribution in [0.1, 0.15) is 5.56 Å². The largest absolute Gasteiger partial charge is 0.356 e. The molecular formula is C14H18N2O3S. The maximum atomic E-state index is 12.2. The summed E-state index contributed by atoms with van der Waals surface area (Å²) >= 11 is 4.23. The van der Waals surface area contributed by atoms with Crippen molar-refractivity contribution in [3.05, 3.63) is 47.2 Å². The topological polar surface area (TPSA) is 59.6 Å². The molecule has 108 valence electrons. The number of carbonyl (C=O) groups excluding carboxylic acids is 1. The summed E-state index contributed by atoms with van der Waals surface area (Å²) in [5, 5.41) is 5.81. The fourth-order valence-electron chi connectivity index (χ4n) is 2.12. The molecule has 0 radical (unpaired) electrons. The minimum absolute atomic E-state index is 0.165. The molecule has 2 rings (SSSR count). The summed E-state index contributed by atoms with van der Waals surface area (Å²) in [5.41, 5.74) is 1.79. The average Bonchev–Trinajstić information content (AvgIpc) is 2.45. The molecule has 1 atom stereocenters. The van der Waals surface area contributed by atoms with E-state index in [2.05, 4.69) is 23.3 Å². The van der Waals surface area contributed by atoms with Crippen LogP contribution in [0.3, 0.4) is 0 Å². The predicted molar refractivity (Wildman–Crippen MR) is 79.0 cm³/mol. The highest BCUT2D eigenvalue weighted by Crippen LogP contribution is 2.20. The number of thiol groups is 1. The summed E-state index contributed by atoms with van der Waals surface area (Å²) < 4.78 is 10.5. The predicted octanol–water partition coefficient (Wildman–Crippen LogP) is 1.03. The van der Waals surface area contributed by atoms with E-state index >= 15 is 0 Å². The Hall–Kier alpha value is -1.50. The third kappa shape index (κ3) is 3.33. The highest BCUT2D eigenvalue weighted by Gasteiger charge is 2.29. The molecule has 0 saturated heterocycles. The molecule has 0 aromatic heterocycles. The van der Waals surface area contributed by atoms with Crippen LogP contribution in [0.2, 0.25) is 0 Å². The minimum Gasteiger partial charge on any atom is -0.356 e. The second kappa shape index (κ2) is 6.78. The first-order chi connectivity index (χ1) is 9.65.